The van der Waals surface area contributed by atoms with Gasteiger partial charge in [-0.1, -0.05) is 11.2 Å². The number of oxime groups is 1. The van der Waals surface area contributed by atoms with Gasteiger partial charge in [0.2, 0.25) is 10.0 Å². The first-order valence-corrected chi connectivity index (χ1v) is 10.2. The van der Waals surface area contributed by atoms with Crippen LogP contribution in [0.15, 0.2) is 51.8 Å². The van der Waals surface area contributed by atoms with Gasteiger partial charge in [0.15, 0.2) is 0 Å². The molecular weight excluding hydrogens is 374 g/mol. The van der Waals surface area contributed by atoms with Crippen molar-refractivity contribution >= 4 is 33.0 Å². The minimum atomic E-state index is -3.51. The molecule has 2 aromatic rings. The van der Waals surface area contributed by atoms with Gasteiger partial charge in [-0.3, -0.25) is 4.79 Å². The van der Waals surface area contributed by atoms with Gasteiger partial charge >= 0.3 is 0 Å². The van der Waals surface area contributed by atoms with Gasteiger partial charge in [-0.15, -0.1) is 11.3 Å². The quantitative estimate of drug-likeness (QED) is 0.310. The molecule has 7 nitrogen and oxygen atoms in total. The molecule has 0 bridgehead atoms. The summed E-state index contributed by atoms with van der Waals surface area (Å²) in [5.41, 5.74) is 0.976. The molecule has 9 heteroatoms. The van der Waals surface area contributed by atoms with E-state index in [0.717, 1.165) is 9.18 Å². The molecule has 2 N–H and O–H groups in total. The van der Waals surface area contributed by atoms with Crippen LogP contribution in [-0.4, -0.2) is 50.2 Å². The molecule has 0 aliphatic carbocycles. The van der Waals surface area contributed by atoms with Crippen LogP contribution < -0.4 is 5.32 Å². The molecule has 26 heavy (non-hydrogen) atoms. The molecule has 0 unspecified atom stereocenters. The van der Waals surface area contributed by atoms with Crippen molar-refractivity contribution in [3.05, 3.63) is 52.2 Å². The van der Waals surface area contributed by atoms with Gasteiger partial charge in [0.25, 0.3) is 5.91 Å². The Labute approximate surface area is 157 Å². The molecule has 0 saturated carbocycles. The normalized spacial score (nSPS) is 12.3. The SMILES string of the molecule is CN(C)S(=O)(=O)c1ccc(C(=O)NCCC/C(=N\O)c2cccs2)cc1. The van der Waals surface area contributed by atoms with E-state index in [-0.39, 0.29) is 10.8 Å². The summed E-state index contributed by atoms with van der Waals surface area (Å²) in [7, 11) is -0.600. The Morgan fingerprint density at radius 2 is 1.92 bits per heavy atom. The van der Waals surface area contributed by atoms with Crippen LogP contribution in [0.25, 0.3) is 0 Å². The predicted molar refractivity (Wildman–Crippen MR) is 102 cm³/mol. The molecule has 0 fully saturated rings. The highest BCUT2D eigenvalue weighted by Gasteiger charge is 2.17. The van der Waals surface area contributed by atoms with Crippen molar-refractivity contribution in [1.82, 2.24) is 9.62 Å². The number of benzene rings is 1. The second-order valence-electron chi connectivity index (χ2n) is 5.70. The maximum Gasteiger partial charge on any atom is 0.251 e. The molecule has 0 radical (unpaired) electrons. The third kappa shape index (κ3) is 4.90. The average molecular weight is 396 g/mol. The first-order chi connectivity index (χ1) is 12.4. The number of sulfonamides is 1. The van der Waals surface area contributed by atoms with E-state index in [1.165, 1.54) is 49.7 Å². The van der Waals surface area contributed by atoms with Crippen LogP contribution in [0.3, 0.4) is 0 Å². The highest BCUT2D eigenvalue weighted by atomic mass is 32.2. The van der Waals surface area contributed by atoms with Gasteiger partial charge in [-0.05, 0) is 48.6 Å². The molecule has 1 aromatic heterocycles. The van der Waals surface area contributed by atoms with Crippen molar-refractivity contribution in [1.29, 1.82) is 0 Å². The molecule has 0 aliphatic rings. The number of nitrogens with one attached hydrogen (secondary N) is 1. The van der Waals surface area contributed by atoms with E-state index in [2.05, 4.69) is 10.5 Å². The van der Waals surface area contributed by atoms with Crippen LogP contribution in [-0.2, 0) is 10.0 Å². The zero-order valence-electron chi connectivity index (χ0n) is 14.5. The summed E-state index contributed by atoms with van der Waals surface area (Å²) in [6.45, 7) is 0.418. The average Bonchev–Trinajstić information content (AvgIpc) is 3.16. The lowest BCUT2D eigenvalue weighted by Gasteiger charge is -2.11. The minimum Gasteiger partial charge on any atom is -0.411 e. The number of nitrogens with zero attached hydrogens (tertiary/aromatic N) is 2. The number of hydrogen-bond donors (Lipinski definition) is 2. The summed E-state index contributed by atoms with van der Waals surface area (Å²) in [5.74, 6) is -0.280. The topological polar surface area (TPSA) is 99.1 Å². The first kappa shape index (κ1) is 20.1. The Morgan fingerprint density at radius 1 is 1.23 bits per heavy atom. The van der Waals surface area contributed by atoms with E-state index in [1.54, 1.807) is 0 Å². The minimum absolute atomic E-state index is 0.138. The Hall–Kier alpha value is -2.23. The van der Waals surface area contributed by atoms with Crippen LogP contribution in [0.5, 0.6) is 0 Å². The number of rotatable bonds is 8. The molecule has 1 amide bonds. The molecular formula is C17H21N3O4S2. The number of carbonyl (C=O) groups excluding carboxylic acids is 1. The van der Waals surface area contributed by atoms with Crippen molar-refractivity contribution in [3.63, 3.8) is 0 Å². The lowest BCUT2D eigenvalue weighted by atomic mass is 10.1. The smallest absolute Gasteiger partial charge is 0.251 e. The summed E-state index contributed by atoms with van der Waals surface area (Å²) < 4.78 is 25.1. The summed E-state index contributed by atoms with van der Waals surface area (Å²) in [4.78, 5) is 13.2. The van der Waals surface area contributed by atoms with Gasteiger partial charge in [0.05, 0.1) is 15.5 Å². The Bertz CT molecular complexity index is 858. The second-order valence-corrected chi connectivity index (χ2v) is 8.79. The highest BCUT2D eigenvalue weighted by molar-refractivity contribution is 7.89. The van der Waals surface area contributed by atoms with E-state index in [9.17, 15) is 13.2 Å². The van der Waals surface area contributed by atoms with E-state index in [4.69, 9.17) is 5.21 Å². The number of hydrogen-bond acceptors (Lipinski definition) is 6. The summed E-state index contributed by atoms with van der Waals surface area (Å²) in [6, 6.07) is 9.56. The summed E-state index contributed by atoms with van der Waals surface area (Å²) in [5, 5.41) is 17.1. The van der Waals surface area contributed by atoms with Crippen molar-refractivity contribution in [2.75, 3.05) is 20.6 Å². The Kier molecular flexibility index (Phi) is 6.90. The number of carbonyl (C=O) groups is 1. The molecule has 140 valence electrons. The van der Waals surface area contributed by atoms with Crippen molar-refractivity contribution in [3.8, 4) is 0 Å². The van der Waals surface area contributed by atoms with Crippen molar-refractivity contribution in [2.45, 2.75) is 17.7 Å². The van der Waals surface area contributed by atoms with Crippen LogP contribution >= 0.6 is 11.3 Å². The number of thiophene rings is 1. The molecule has 2 rings (SSSR count). The first-order valence-electron chi connectivity index (χ1n) is 7.92. The third-order valence-corrected chi connectivity index (χ3v) is 6.45. The predicted octanol–water partition coefficient (Wildman–Crippen LogP) is 2.39. The fraction of sp³-hybridized carbons (Fsp3) is 0.294. The fourth-order valence-corrected chi connectivity index (χ4v) is 3.86. The Balaban J connectivity index is 1.87. The van der Waals surface area contributed by atoms with Crippen molar-refractivity contribution < 1.29 is 18.4 Å². The van der Waals surface area contributed by atoms with E-state index >= 15 is 0 Å². The molecule has 0 saturated heterocycles. The highest BCUT2D eigenvalue weighted by Crippen LogP contribution is 2.15. The van der Waals surface area contributed by atoms with Crippen LogP contribution in [0.2, 0.25) is 0 Å². The third-order valence-electron chi connectivity index (χ3n) is 3.70. The van der Waals surface area contributed by atoms with Gasteiger partial charge in [-0.2, -0.15) is 0 Å². The van der Waals surface area contributed by atoms with Gasteiger partial charge < -0.3 is 10.5 Å². The Morgan fingerprint density at radius 3 is 2.46 bits per heavy atom. The van der Waals surface area contributed by atoms with Crippen LogP contribution in [0.4, 0.5) is 0 Å². The molecule has 0 spiro atoms. The van der Waals surface area contributed by atoms with E-state index < -0.39 is 10.0 Å². The number of amides is 1. The van der Waals surface area contributed by atoms with E-state index in [1.807, 2.05) is 17.5 Å². The summed E-state index contributed by atoms with van der Waals surface area (Å²) >= 11 is 1.49. The largest absolute Gasteiger partial charge is 0.411 e. The second kappa shape index (κ2) is 8.93. The van der Waals surface area contributed by atoms with Crippen molar-refractivity contribution in [2.24, 2.45) is 5.16 Å². The fourth-order valence-electron chi connectivity index (χ4n) is 2.21. The van der Waals surface area contributed by atoms with Gasteiger partial charge in [-0.25, -0.2) is 12.7 Å². The van der Waals surface area contributed by atoms with Gasteiger partial charge in [0.1, 0.15) is 0 Å². The monoisotopic (exact) mass is 395 g/mol. The van der Waals surface area contributed by atoms with Crippen LogP contribution in [0, 0.1) is 0 Å². The van der Waals surface area contributed by atoms with Gasteiger partial charge in [0, 0.05) is 26.2 Å². The zero-order chi connectivity index (χ0) is 19.2. The molecule has 1 heterocycles. The standard InChI is InChI=1S/C17H21N3O4S2/c1-20(2)26(23,24)14-9-7-13(8-10-14)17(21)18-11-3-5-15(19-22)16-6-4-12-25-16/h4,6-10,12,22H,3,5,11H2,1-2H3,(H,18,21)/b19-15+. The van der Waals surface area contributed by atoms with Crippen LogP contribution in [0.1, 0.15) is 28.1 Å². The lowest BCUT2D eigenvalue weighted by molar-refractivity contribution is 0.0953. The molecule has 1 aromatic carbocycles. The summed E-state index contributed by atoms with van der Waals surface area (Å²) in [6.07, 6.45) is 1.16. The zero-order valence-corrected chi connectivity index (χ0v) is 16.2. The molecule has 0 aliphatic heterocycles. The maximum atomic E-state index is 12.1. The molecule has 0 atom stereocenters. The maximum absolute atomic E-state index is 12.1. The lowest BCUT2D eigenvalue weighted by Crippen LogP contribution is -2.25. The van der Waals surface area contributed by atoms with E-state index in [0.29, 0.717) is 30.7 Å².